The highest BCUT2D eigenvalue weighted by atomic mass is 31.2. The van der Waals surface area contributed by atoms with E-state index in [1.807, 2.05) is 43.3 Å². The van der Waals surface area contributed by atoms with Crippen LogP contribution in [0.15, 0.2) is 52.0 Å². The van der Waals surface area contributed by atoms with E-state index in [1.165, 1.54) is 0 Å². The van der Waals surface area contributed by atoms with Gasteiger partial charge >= 0.3 is 7.60 Å². The lowest BCUT2D eigenvalue weighted by atomic mass is 10.1. The molecule has 22 heavy (non-hydrogen) atoms. The number of hydrogen-bond acceptors (Lipinski definition) is 3. The van der Waals surface area contributed by atoms with Crippen molar-refractivity contribution in [1.29, 1.82) is 0 Å². The maximum atomic E-state index is 10.7. The van der Waals surface area contributed by atoms with Gasteiger partial charge in [0, 0.05) is 13.6 Å². The largest absolute Gasteiger partial charge is 0.384 e. The van der Waals surface area contributed by atoms with Gasteiger partial charge in [-0.1, -0.05) is 30.3 Å². The fourth-order valence-electron chi connectivity index (χ4n) is 1.77. The Kier molecular flexibility index (Phi) is 7.18. The quantitative estimate of drug-likeness (QED) is 0.308. The first-order valence-corrected chi connectivity index (χ1v) is 8.68. The molecule has 0 fully saturated rings. The Morgan fingerprint density at radius 1 is 1.32 bits per heavy atom. The zero-order chi connectivity index (χ0) is 16.6. The summed E-state index contributed by atoms with van der Waals surface area (Å²) < 4.78 is 10.7. The van der Waals surface area contributed by atoms with Gasteiger partial charge in [0.15, 0.2) is 0 Å². The van der Waals surface area contributed by atoms with Gasteiger partial charge in [0.05, 0.1) is 11.9 Å². The van der Waals surface area contributed by atoms with Gasteiger partial charge in [0.25, 0.3) is 0 Å². The molecule has 7 heteroatoms. The molecule has 0 aromatic heterocycles. The average Bonchev–Trinajstić information content (AvgIpc) is 2.48. The summed E-state index contributed by atoms with van der Waals surface area (Å²) >= 11 is 0. The van der Waals surface area contributed by atoms with Crippen molar-refractivity contribution in [1.82, 2.24) is 0 Å². The van der Waals surface area contributed by atoms with Crippen molar-refractivity contribution in [3.63, 3.8) is 0 Å². The van der Waals surface area contributed by atoms with Gasteiger partial charge in [-0.05, 0) is 30.6 Å². The van der Waals surface area contributed by atoms with Crippen LogP contribution >= 0.6 is 7.60 Å². The Morgan fingerprint density at radius 2 is 1.95 bits per heavy atom. The summed E-state index contributed by atoms with van der Waals surface area (Å²) in [6, 6.07) is 9.72. The Morgan fingerprint density at radius 3 is 2.50 bits per heavy atom. The monoisotopic (exact) mass is 323 g/mol. The number of aliphatic imine (C=N–C) groups is 2. The van der Waals surface area contributed by atoms with Crippen molar-refractivity contribution in [2.75, 3.05) is 19.8 Å². The summed E-state index contributed by atoms with van der Waals surface area (Å²) in [5, 5.41) is 0. The summed E-state index contributed by atoms with van der Waals surface area (Å²) in [4.78, 5) is 25.9. The van der Waals surface area contributed by atoms with Gasteiger partial charge in [0.2, 0.25) is 0 Å². The van der Waals surface area contributed by atoms with Crippen molar-refractivity contribution < 1.29 is 14.4 Å². The first-order valence-electron chi connectivity index (χ1n) is 6.89. The Labute approximate surface area is 130 Å². The molecule has 0 bridgehead atoms. The average molecular weight is 323 g/mol. The van der Waals surface area contributed by atoms with Crippen LogP contribution in [-0.2, 0) is 4.57 Å². The van der Waals surface area contributed by atoms with Crippen LogP contribution in [0.1, 0.15) is 18.9 Å². The molecule has 0 atom stereocenters. The third kappa shape index (κ3) is 6.80. The third-order valence-corrected chi connectivity index (χ3v) is 3.86. The van der Waals surface area contributed by atoms with E-state index in [9.17, 15) is 4.57 Å². The van der Waals surface area contributed by atoms with Crippen LogP contribution in [0.2, 0.25) is 0 Å². The lowest BCUT2D eigenvalue weighted by Gasteiger charge is -2.05. The molecule has 0 heterocycles. The van der Waals surface area contributed by atoms with E-state index in [0.717, 1.165) is 16.8 Å². The van der Waals surface area contributed by atoms with E-state index in [4.69, 9.17) is 15.5 Å². The maximum Gasteiger partial charge on any atom is 0.325 e. The fraction of sp³-hybridized carbons (Fsp3) is 0.333. The van der Waals surface area contributed by atoms with Gasteiger partial charge in [-0.25, -0.2) is 0 Å². The number of amidine groups is 1. The molecule has 1 aromatic carbocycles. The number of nitrogens with two attached hydrogens (primary N) is 1. The lowest BCUT2D eigenvalue weighted by molar-refractivity contribution is 0.372. The van der Waals surface area contributed by atoms with E-state index in [1.54, 1.807) is 7.05 Å². The van der Waals surface area contributed by atoms with Crippen LogP contribution in [0, 0.1) is 0 Å². The van der Waals surface area contributed by atoms with Crippen molar-refractivity contribution in [3.8, 4) is 0 Å². The standard InChI is InChI=1S/C15H22N3O3P/c1-12(15(16)18-9-6-10-22(19,20)21)11-14(17-2)13-7-4-3-5-8-13/h3-5,7-8,11H,6,9-10H2,1-2H3,(H2,16,18)(H2,19,20,21)/b12-11-,17-14?. The van der Waals surface area contributed by atoms with Crippen LogP contribution in [0.5, 0.6) is 0 Å². The molecule has 0 amide bonds. The predicted octanol–water partition coefficient (Wildman–Crippen LogP) is 1.98. The number of rotatable bonds is 7. The normalized spacial score (nSPS) is 14.3. The highest BCUT2D eigenvalue weighted by Gasteiger charge is 2.11. The summed E-state index contributed by atoms with van der Waals surface area (Å²) in [6.07, 6.45) is 1.96. The highest BCUT2D eigenvalue weighted by Crippen LogP contribution is 2.34. The molecule has 120 valence electrons. The second-order valence-electron chi connectivity index (χ2n) is 4.81. The van der Waals surface area contributed by atoms with Crippen molar-refractivity contribution in [2.45, 2.75) is 13.3 Å². The number of nitrogens with zero attached hydrogens (tertiary/aromatic N) is 2. The van der Waals surface area contributed by atoms with E-state index in [2.05, 4.69) is 9.98 Å². The number of benzene rings is 1. The Balaban J connectivity index is 2.72. The van der Waals surface area contributed by atoms with Crippen molar-refractivity contribution >= 4 is 19.1 Å². The second-order valence-corrected chi connectivity index (χ2v) is 6.59. The smallest absolute Gasteiger partial charge is 0.325 e. The van der Waals surface area contributed by atoms with Crippen molar-refractivity contribution in [2.24, 2.45) is 15.7 Å². The molecule has 0 saturated heterocycles. The summed E-state index contributed by atoms with van der Waals surface area (Å²) in [6.45, 7) is 2.11. The minimum atomic E-state index is -3.96. The molecule has 1 aromatic rings. The zero-order valence-electron chi connectivity index (χ0n) is 12.8. The first-order chi connectivity index (χ1) is 10.3. The van der Waals surface area contributed by atoms with Crippen LogP contribution in [-0.4, -0.2) is 41.1 Å². The van der Waals surface area contributed by atoms with Gasteiger partial charge in [0.1, 0.15) is 5.84 Å². The van der Waals surface area contributed by atoms with Crippen LogP contribution in [0.3, 0.4) is 0 Å². The Bertz CT molecular complexity index is 618. The molecule has 0 unspecified atom stereocenters. The molecule has 0 aliphatic rings. The number of hydrogen-bond donors (Lipinski definition) is 3. The van der Waals surface area contributed by atoms with Crippen LogP contribution in [0.25, 0.3) is 0 Å². The molecule has 4 N–H and O–H groups in total. The van der Waals surface area contributed by atoms with Crippen LogP contribution in [0.4, 0.5) is 0 Å². The molecule has 6 nitrogen and oxygen atoms in total. The molecule has 0 aliphatic carbocycles. The second kappa shape index (κ2) is 8.63. The molecule has 0 spiro atoms. The SMILES string of the molecule is CN=C(/C=C(/C)C(N)=NCCCP(=O)(O)O)c1ccccc1. The topological polar surface area (TPSA) is 108 Å². The molecular weight excluding hydrogens is 301 g/mol. The maximum absolute atomic E-state index is 10.7. The van der Waals surface area contributed by atoms with E-state index in [-0.39, 0.29) is 12.7 Å². The van der Waals surface area contributed by atoms with E-state index >= 15 is 0 Å². The van der Waals surface area contributed by atoms with E-state index < -0.39 is 7.60 Å². The fourth-order valence-corrected chi connectivity index (χ4v) is 2.32. The van der Waals surface area contributed by atoms with Gasteiger partial charge < -0.3 is 15.5 Å². The molecule has 0 radical (unpaired) electrons. The minimum Gasteiger partial charge on any atom is -0.384 e. The first kappa shape index (κ1) is 18.3. The Hall–Kier alpha value is -1.75. The lowest BCUT2D eigenvalue weighted by Crippen LogP contribution is -2.15. The van der Waals surface area contributed by atoms with Crippen LogP contribution < -0.4 is 5.73 Å². The van der Waals surface area contributed by atoms with Gasteiger partial charge in [-0.2, -0.15) is 0 Å². The van der Waals surface area contributed by atoms with Gasteiger partial charge in [-0.3, -0.25) is 14.5 Å². The molecule has 0 aliphatic heterocycles. The zero-order valence-corrected chi connectivity index (χ0v) is 13.7. The van der Waals surface area contributed by atoms with E-state index in [0.29, 0.717) is 12.3 Å². The number of allylic oxidation sites excluding steroid dienone is 1. The highest BCUT2D eigenvalue weighted by molar-refractivity contribution is 7.51. The summed E-state index contributed by atoms with van der Waals surface area (Å²) in [5.74, 6) is 0.350. The molecular formula is C15H22N3O3P. The molecule has 0 saturated carbocycles. The van der Waals surface area contributed by atoms with Crippen molar-refractivity contribution in [3.05, 3.63) is 47.5 Å². The molecule has 1 rings (SSSR count). The summed E-state index contributed by atoms with van der Waals surface area (Å²) in [7, 11) is -2.25. The minimum absolute atomic E-state index is 0.182. The third-order valence-electron chi connectivity index (χ3n) is 2.96. The predicted molar refractivity (Wildman–Crippen MR) is 90.7 cm³/mol. The summed E-state index contributed by atoms with van der Waals surface area (Å²) in [5.41, 5.74) is 8.43. The van der Waals surface area contributed by atoms with Gasteiger partial charge in [-0.15, -0.1) is 0 Å².